The molecule has 0 bridgehead atoms. The van der Waals surface area contributed by atoms with Gasteiger partial charge in [-0.15, -0.1) is 0 Å². The smallest absolute Gasteiger partial charge is 0.262 e. The van der Waals surface area contributed by atoms with Gasteiger partial charge in [0.25, 0.3) is 10.0 Å². The van der Waals surface area contributed by atoms with Crippen molar-refractivity contribution >= 4 is 15.7 Å². The van der Waals surface area contributed by atoms with E-state index in [1.165, 1.54) is 18.2 Å². The van der Waals surface area contributed by atoms with E-state index in [1.54, 1.807) is 39.0 Å². The van der Waals surface area contributed by atoms with Crippen molar-refractivity contribution in [1.82, 2.24) is 5.16 Å². The fraction of sp³-hybridized carbons (Fsp3) is 0.167. The van der Waals surface area contributed by atoms with Gasteiger partial charge >= 0.3 is 0 Å². The average Bonchev–Trinajstić information content (AvgIpc) is 2.97. The highest BCUT2D eigenvalue weighted by molar-refractivity contribution is 7.92. The number of halogens is 1. The van der Waals surface area contributed by atoms with Crippen molar-refractivity contribution in [3.63, 3.8) is 0 Å². The van der Waals surface area contributed by atoms with Gasteiger partial charge in [0, 0.05) is 11.6 Å². The first-order valence-electron chi connectivity index (χ1n) is 7.59. The van der Waals surface area contributed by atoms with Crippen LogP contribution < -0.4 is 4.72 Å². The molecule has 0 spiro atoms. The number of aromatic nitrogens is 1. The zero-order valence-corrected chi connectivity index (χ0v) is 14.8. The van der Waals surface area contributed by atoms with E-state index in [0.29, 0.717) is 28.1 Å². The van der Waals surface area contributed by atoms with Crippen LogP contribution in [0.2, 0.25) is 0 Å². The maximum Gasteiger partial charge on any atom is 0.262 e. The average molecular weight is 360 g/mol. The number of sulfonamides is 1. The van der Waals surface area contributed by atoms with Gasteiger partial charge in [-0.05, 0) is 50.1 Å². The van der Waals surface area contributed by atoms with E-state index in [-0.39, 0.29) is 10.6 Å². The maximum absolute atomic E-state index is 13.7. The summed E-state index contributed by atoms with van der Waals surface area (Å²) in [4.78, 5) is 0.0973. The summed E-state index contributed by atoms with van der Waals surface area (Å²) in [6, 6.07) is 10.9. The molecule has 3 aromatic rings. The summed E-state index contributed by atoms with van der Waals surface area (Å²) in [6.07, 6.45) is 0. The molecular formula is C18H17FN2O3S. The molecule has 3 rings (SSSR count). The molecule has 0 aliphatic carbocycles. The zero-order valence-electron chi connectivity index (χ0n) is 14.0. The minimum absolute atomic E-state index is 0.0973. The molecule has 0 saturated heterocycles. The summed E-state index contributed by atoms with van der Waals surface area (Å²) in [5.41, 5.74) is 2.49. The van der Waals surface area contributed by atoms with Crippen molar-refractivity contribution in [2.24, 2.45) is 0 Å². The van der Waals surface area contributed by atoms with Crippen LogP contribution >= 0.6 is 0 Å². The summed E-state index contributed by atoms with van der Waals surface area (Å²) >= 11 is 0. The Bertz CT molecular complexity index is 1040. The molecule has 0 saturated carbocycles. The third kappa shape index (κ3) is 3.56. The SMILES string of the molecule is Cc1cc(-c2ccc(C)c(S(=O)(=O)Nc3ccc(C)c(F)c3)c2)on1. The highest BCUT2D eigenvalue weighted by Gasteiger charge is 2.19. The van der Waals surface area contributed by atoms with E-state index in [0.717, 1.165) is 6.07 Å². The molecule has 130 valence electrons. The van der Waals surface area contributed by atoms with Gasteiger partial charge in [0.15, 0.2) is 5.76 Å². The molecule has 0 radical (unpaired) electrons. The number of nitrogens with one attached hydrogen (secondary N) is 1. The lowest BCUT2D eigenvalue weighted by Crippen LogP contribution is -2.14. The molecule has 2 aromatic carbocycles. The van der Waals surface area contributed by atoms with E-state index in [4.69, 9.17) is 4.52 Å². The van der Waals surface area contributed by atoms with Crippen LogP contribution in [0.1, 0.15) is 16.8 Å². The highest BCUT2D eigenvalue weighted by atomic mass is 32.2. The fourth-order valence-electron chi connectivity index (χ4n) is 2.41. The standard InChI is InChI=1S/C18H17FN2O3S/c1-11-5-7-15(10-16(11)19)21-25(22,23)18-9-14(6-4-12(18)2)17-8-13(3)20-24-17/h4-10,21H,1-3H3. The van der Waals surface area contributed by atoms with E-state index in [9.17, 15) is 12.8 Å². The Morgan fingerprint density at radius 1 is 1.00 bits per heavy atom. The van der Waals surface area contributed by atoms with Crippen LogP contribution in [-0.2, 0) is 10.0 Å². The molecule has 1 N–H and O–H groups in total. The predicted molar refractivity (Wildman–Crippen MR) is 93.4 cm³/mol. The second-order valence-corrected chi connectivity index (χ2v) is 7.53. The molecule has 0 fully saturated rings. The summed E-state index contributed by atoms with van der Waals surface area (Å²) < 4.78 is 46.7. The number of aryl methyl sites for hydroxylation is 3. The fourth-order valence-corrected chi connectivity index (χ4v) is 3.73. The molecule has 1 aromatic heterocycles. The normalized spacial score (nSPS) is 11.5. The first-order chi connectivity index (χ1) is 11.8. The molecule has 0 amide bonds. The number of nitrogens with zero attached hydrogens (tertiary/aromatic N) is 1. The van der Waals surface area contributed by atoms with Crippen LogP contribution in [-0.4, -0.2) is 13.6 Å². The van der Waals surface area contributed by atoms with E-state index in [1.807, 2.05) is 0 Å². The first-order valence-corrected chi connectivity index (χ1v) is 9.08. The lowest BCUT2D eigenvalue weighted by atomic mass is 10.1. The van der Waals surface area contributed by atoms with Crippen molar-refractivity contribution in [1.29, 1.82) is 0 Å². The van der Waals surface area contributed by atoms with Gasteiger partial charge in [-0.1, -0.05) is 23.4 Å². The van der Waals surface area contributed by atoms with Gasteiger partial charge < -0.3 is 4.52 Å². The molecule has 0 unspecified atom stereocenters. The summed E-state index contributed by atoms with van der Waals surface area (Å²) in [6.45, 7) is 5.09. The van der Waals surface area contributed by atoms with Crippen molar-refractivity contribution in [3.8, 4) is 11.3 Å². The Morgan fingerprint density at radius 3 is 2.36 bits per heavy atom. The van der Waals surface area contributed by atoms with Crippen molar-refractivity contribution in [3.05, 3.63) is 65.1 Å². The van der Waals surface area contributed by atoms with Gasteiger partial charge in [0.1, 0.15) is 5.82 Å². The number of benzene rings is 2. The van der Waals surface area contributed by atoms with Crippen LogP contribution in [0.4, 0.5) is 10.1 Å². The van der Waals surface area contributed by atoms with Gasteiger partial charge in [-0.2, -0.15) is 0 Å². The number of anilines is 1. The lowest BCUT2D eigenvalue weighted by molar-refractivity contribution is 0.427. The monoisotopic (exact) mass is 360 g/mol. The third-order valence-corrected chi connectivity index (χ3v) is 5.34. The Kier molecular flexibility index (Phi) is 4.34. The van der Waals surface area contributed by atoms with E-state index >= 15 is 0 Å². The molecule has 0 atom stereocenters. The second kappa shape index (κ2) is 6.33. The highest BCUT2D eigenvalue weighted by Crippen LogP contribution is 2.27. The Balaban J connectivity index is 2.00. The van der Waals surface area contributed by atoms with Crippen LogP contribution in [0, 0.1) is 26.6 Å². The minimum Gasteiger partial charge on any atom is -0.356 e. The zero-order chi connectivity index (χ0) is 18.2. The molecule has 5 nitrogen and oxygen atoms in total. The van der Waals surface area contributed by atoms with Gasteiger partial charge in [-0.3, -0.25) is 4.72 Å². The van der Waals surface area contributed by atoms with Crippen molar-refractivity contribution < 1.29 is 17.3 Å². The largest absolute Gasteiger partial charge is 0.356 e. The minimum atomic E-state index is -3.88. The van der Waals surface area contributed by atoms with Crippen molar-refractivity contribution in [2.75, 3.05) is 4.72 Å². The molecule has 0 aliphatic heterocycles. The van der Waals surface area contributed by atoms with Crippen molar-refractivity contribution in [2.45, 2.75) is 25.7 Å². The first kappa shape index (κ1) is 17.2. The van der Waals surface area contributed by atoms with Gasteiger partial charge in [-0.25, -0.2) is 12.8 Å². The summed E-state index contributed by atoms with van der Waals surface area (Å²) in [5, 5.41) is 3.81. The summed E-state index contributed by atoms with van der Waals surface area (Å²) in [7, 11) is -3.88. The Hall–Kier alpha value is -2.67. The van der Waals surface area contributed by atoms with Crippen LogP contribution in [0.15, 0.2) is 51.9 Å². The number of hydrogen-bond acceptors (Lipinski definition) is 4. The molecule has 7 heteroatoms. The number of rotatable bonds is 4. The molecule has 25 heavy (non-hydrogen) atoms. The van der Waals surface area contributed by atoms with Crippen LogP contribution in [0.3, 0.4) is 0 Å². The third-order valence-electron chi connectivity index (χ3n) is 3.81. The molecule has 1 heterocycles. The van der Waals surface area contributed by atoms with E-state index < -0.39 is 15.8 Å². The predicted octanol–water partition coefficient (Wildman–Crippen LogP) is 4.21. The Morgan fingerprint density at radius 2 is 1.72 bits per heavy atom. The Labute approximate surface area is 145 Å². The van der Waals surface area contributed by atoms with Crippen LogP contribution in [0.5, 0.6) is 0 Å². The topological polar surface area (TPSA) is 72.2 Å². The maximum atomic E-state index is 13.7. The number of hydrogen-bond donors (Lipinski definition) is 1. The van der Waals surface area contributed by atoms with Crippen LogP contribution in [0.25, 0.3) is 11.3 Å². The quantitative estimate of drug-likeness (QED) is 0.757. The lowest BCUT2D eigenvalue weighted by Gasteiger charge is -2.12. The van der Waals surface area contributed by atoms with Gasteiger partial charge in [0.05, 0.1) is 16.3 Å². The van der Waals surface area contributed by atoms with Gasteiger partial charge in [0.2, 0.25) is 0 Å². The van der Waals surface area contributed by atoms with E-state index in [2.05, 4.69) is 9.88 Å². The summed E-state index contributed by atoms with van der Waals surface area (Å²) in [5.74, 6) is 0.0122. The second-order valence-electron chi connectivity index (χ2n) is 5.88. The molecule has 0 aliphatic rings. The molecular weight excluding hydrogens is 343 g/mol.